The third-order valence-corrected chi connectivity index (χ3v) is 3.97. The van der Waals surface area contributed by atoms with Crippen molar-refractivity contribution in [2.45, 2.75) is 19.8 Å². The van der Waals surface area contributed by atoms with Crippen molar-refractivity contribution in [2.75, 3.05) is 13.2 Å². The Morgan fingerprint density at radius 1 is 1.29 bits per heavy atom. The Balaban J connectivity index is 1.89. The number of halogens is 2. The Hall–Kier alpha value is -1.55. The van der Waals surface area contributed by atoms with Gasteiger partial charge < -0.3 is 9.47 Å². The highest BCUT2D eigenvalue weighted by atomic mass is 79.9. The normalized spacial score (nSPS) is 12.9. The van der Waals surface area contributed by atoms with Gasteiger partial charge in [-0.25, -0.2) is 4.39 Å². The minimum Gasteiger partial charge on any atom is -0.493 e. The van der Waals surface area contributed by atoms with E-state index in [-0.39, 0.29) is 5.82 Å². The van der Waals surface area contributed by atoms with Crippen LogP contribution in [0.2, 0.25) is 0 Å². The number of hydrogen-bond acceptors (Lipinski definition) is 2. The van der Waals surface area contributed by atoms with Crippen molar-refractivity contribution in [1.29, 1.82) is 0 Å². The molecule has 0 atom stereocenters. The van der Waals surface area contributed by atoms with Gasteiger partial charge in [0.25, 0.3) is 0 Å². The zero-order valence-electron chi connectivity index (χ0n) is 11.8. The van der Waals surface area contributed by atoms with Gasteiger partial charge in [0, 0.05) is 17.3 Å². The molecule has 0 aromatic heterocycles. The Morgan fingerprint density at radius 2 is 2.14 bits per heavy atom. The summed E-state index contributed by atoms with van der Waals surface area (Å²) in [5.74, 6) is 0.936. The van der Waals surface area contributed by atoms with Crippen LogP contribution in [0.1, 0.15) is 23.6 Å². The summed E-state index contributed by atoms with van der Waals surface area (Å²) in [6, 6.07) is 9.25. The summed E-state index contributed by atoms with van der Waals surface area (Å²) in [6.07, 6.45) is 1.57. The molecule has 21 heavy (non-hydrogen) atoms. The van der Waals surface area contributed by atoms with Gasteiger partial charge in [0.15, 0.2) is 11.6 Å². The second-order valence-electron chi connectivity index (χ2n) is 5.03. The second-order valence-corrected chi connectivity index (χ2v) is 5.94. The number of hydrogen-bond donors (Lipinski definition) is 0. The summed E-state index contributed by atoms with van der Waals surface area (Å²) in [4.78, 5) is 0. The van der Waals surface area contributed by atoms with Crippen LogP contribution < -0.4 is 9.47 Å². The molecule has 3 rings (SSSR count). The maximum atomic E-state index is 13.9. The molecule has 1 heterocycles. The lowest BCUT2D eigenvalue weighted by atomic mass is 10.0. The number of rotatable bonds is 4. The smallest absolute Gasteiger partial charge is 0.165 e. The first-order chi connectivity index (χ1) is 10.2. The summed E-state index contributed by atoms with van der Waals surface area (Å²) in [5, 5.41) is 0. The average Bonchev–Trinajstić information content (AvgIpc) is 2.90. The van der Waals surface area contributed by atoms with Crippen LogP contribution in [-0.4, -0.2) is 13.2 Å². The van der Waals surface area contributed by atoms with Crippen LogP contribution in [0, 0.1) is 5.82 Å². The quantitative estimate of drug-likeness (QED) is 0.807. The summed E-state index contributed by atoms with van der Waals surface area (Å²) < 4.78 is 25.9. The fraction of sp³-hybridized carbons (Fsp3) is 0.294. The molecule has 0 spiro atoms. The molecule has 2 nitrogen and oxygen atoms in total. The summed E-state index contributed by atoms with van der Waals surface area (Å²) in [5.41, 5.74) is 3.21. The lowest BCUT2D eigenvalue weighted by Gasteiger charge is -2.10. The van der Waals surface area contributed by atoms with E-state index in [0.717, 1.165) is 34.4 Å². The van der Waals surface area contributed by atoms with Gasteiger partial charge in [0.2, 0.25) is 0 Å². The summed E-state index contributed by atoms with van der Waals surface area (Å²) >= 11 is 3.53. The first-order valence-electron chi connectivity index (χ1n) is 7.02. The van der Waals surface area contributed by atoms with E-state index >= 15 is 0 Å². The highest BCUT2D eigenvalue weighted by molar-refractivity contribution is 9.10. The third-order valence-electron chi connectivity index (χ3n) is 3.52. The highest BCUT2D eigenvalue weighted by Crippen LogP contribution is 2.34. The van der Waals surface area contributed by atoms with Gasteiger partial charge in [-0.15, -0.1) is 0 Å². The second kappa shape index (κ2) is 6.06. The molecule has 2 aromatic carbocycles. The summed E-state index contributed by atoms with van der Waals surface area (Å²) in [7, 11) is 0. The topological polar surface area (TPSA) is 18.5 Å². The largest absolute Gasteiger partial charge is 0.493 e. The van der Waals surface area contributed by atoms with Crippen LogP contribution in [-0.2, 0) is 12.8 Å². The van der Waals surface area contributed by atoms with Gasteiger partial charge in [0.1, 0.15) is 5.75 Å². The molecule has 0 aliphatic carbocycles. The molecular weight excluding hydrogens is 335 g/mol. The van der Waals surface area contributed by atoms with E-state index in [1.165, 1.54) is 11.6 Å². The van der Waals surface area contributed by atoms with E-state index in [4.69, 9.17) is 9.47 Å². The van der Waals surface area contributed by atoms with Crippen LogP contribution in [0.15, 0.2) is 34.8 Å². The van der Waals surface area contributed by atoms with E-state index < -0.39 is 0 Å². The van der Waals surface area contributed by atoms with Gasteiger partial charge in [-0.2, -0.15) is 0 Å². The Bertz CT molecular complexity index is 670. The van der Waals surface area contributed by atoms with E-state index in [2.05, 4.69) is 22.0 Å². The fourth-order valence-electron chi connectivity index (χ4n) is 2.62. The average molecular weight is 351 g/mol. The van der Waals surface area contributed by atoms with Crippen LogP contribution in [0.25, 0.3) is 0 Å². The van der Waals surface area contributed by atoms with Crippen molar-refractivity contribution in [2.24, 2.45) is 0 Å². The Kier molecular flexibility index (Phi) is 4.15. The molecule has 0 amide bonds. The first-order valence-corrected chi connectivity index (χ1v) is 7.82. The van der Waals surface area contributed by atoms with Crippen molar-refractivity contribution in [1.82, 2.24) is 0 Å². The number of benzene rings is 2. The molecule has 110 valence electrons. The van der Waals surface area contributed by atoms with Crippen molar-refractivity contribution in [3.8, 4) is 11.5 Å². The predicted molar refractivity (Wildman–Crippen MR) is 83.7 cm³/mol. The van der Waals surface area contributed by atoms with E-state index in [0.29, 0.717) is 18.8 Å². The Labute approximate surface area is 132 Å². The van der Waals surface area contributed by atoms with Crippen LogP contribution >= 0.6 is 15.9 Å². The van der Waals surface area contributed by atoms with Crippen molar-refractivity contribution in [3.63, 3.8) is 0 Å². The molecule has 0 unspecified atom stereocenters. The zero-order chi connectivity index (χ0) is 14.8. The molecule has 0 bridgehead atoms. The molecule has 2 aromatic rings. The highest BCUT2D eigenvalue weighted by Gasteiger charge is 2.18. The Morgan fingerprint density at radius 3 is 2.90 bits per heavy atom. The van der Waals surface area contributed by atoms with Crippen molar-refractivity contribution in [3.05, 3.63) is 57.3 Å². The molecule has 0 saturated carbocycles. The minimum absolute atomic E-state index is 0.303. The van der Waals surface area contributed by atoms with E-state index in [1.54, 1.807) is 6.07 Å². The van der Waals surface area contributed by atoms with Gasteiger partial charge in [-0.3, -0.25) is 0 Å². The van der Waals surface area contributed by atoms with Gasteiger partial charge in [-0.1, -0.05) is 22.0 Å². The molecule has 0 saturated heterocycles. The van der Waals surface area contributed by atoms with Crippen LogP contribution in [0.3, 0.4) is 0 Å². The molecule has 0 N–H and O–H groups in total. The molecular formula is C17H16BrFO2. The third kappa shape index (κ3) is 3.05. The molecule has 4 heteroatoms. The van der Waals surface area contributed by atoms with E-state index in [9.17, 15) is 4.39 Å². The van der Waals surface area contributed by atoms with E-state index in [1.807, 2.05) is 19.1 Å². The fourth-order valence-corrected chi connectivity index (χ4v) is 3.18. The van der Waals surface area contributed by atoms with Gasteiger partial charge >= 0.3 is 0 Å². The molecule has 0 radical (unpaired) electrons. The van der Waals surface area contributed by atoms with Crippen molar-refractivity contribution < 1.29 is 13.9 Å². The number of fused-ring (bicyclic) bond motifs is 1. The monoisotopic (exact) mass is 350 g/mol. The van der Waals surface area contributed by atoms with Gasteiger partial charge in [-0.05, 0) is 47.9 Å². The maximum absolute atomic E-state index is 13.9. The lowest BCUT2D eigenvalue weighted by molar-refractivity contribution is 0.321. The first kappa shape index (κ1) is 14.4. The molecule has 0 fully saturated rings. The van der Waals surface area contributed by atoms with Crippen molar-refractivity contribution >= 4 is 15.9 Å². The zero-order valence-corrected chi connectivity index (χ0v) is 13.4. The maximum Gasteiger partial charge on any atom is 0.165 e. The predicted octanol–water partition coefficient (Wildman–Crippen LogP) is 4.51. The standard InChI is InChI=1S/C17H16BrFO2/c1-2-20-16-4-3-11(8-15(16)19)7-13-10-14(18)9-12-5-6-21-17(12)13/h3-4,8-10H,2,5-7H2,1H3. The summed E-state index contributed by atoms with van der Waals surface area (Å²) in [6.45, 7) is 3.02. The lowest BCUT2D eigenvalue weighted by Crippen LogP contribution is -1.98. The molecule has 1 aliphatic heterocycles. The van der Waals surface area contributed by atoms with Gasteiger partial charge in [0.05, 0.1) is 13.2 Å². The van der Waals surface area contributed by atoms with Crippen LogP contribution in [0.4, 0.5) is 4.39 Å². The number of ether oxygens (including phenoxy) is 2. The SMILES string of the molecule is CCOc1ccc(Cc2cc(Br)cc3c2OCC3)cc1F. The minimum atomic E-state index is -0.318. The molecule has 1 aliphatic rings. The van der Waals surface area contributed by atoms with Crippen LogP contribution in [0.5, 0.6) is 11.5 Å².